The first-order chi connectivity index (χ1) is 10.1. The van der Waals surface area contributed by atoms with E-state index < -0.39 is 18.8 Å². The molecule has 0 saturated carbocycles. The lowest BCUT2D eigenvalue weighted by atomic mass is 10.2. The molecule has 0 aliphatic carbocycles. The zero-order chi connectivity index (χ0) is 15.5. The molecule has 1 rings (SSSR count). The van der Waals surface area contributed by atoms with Crippen LogP contribution in [0.25, 0.3) is 0 Å². The Hall–Kier alpha value is -2.12. The molecule has 1 aromatic rings. The Labute approximate surface area is 122 Å². The van der Waals surface area contributed by atoms with Gasteiger partial charge >= 0.3 is 6.09 Å². The molecule has 1 unspecified atom stereocenters. The molecule has 21 heavy (non-hydrogen) atoms. The largest absolute Gasteiger partial charge is 0.445 e. The van der Waals surface area contributed by atoms with E-state index in [-0.39, 0.29) is 32.0 Å². The van der Waals surface area contributed by atoms with Crippen LogP contribution in [0.2, 0.25) is 0 Å². The molecule has 7 nitrogen and oxygen atoms in total. The second-order valence-electron chi connectivity index (χ2n) is 4.38. The van der Waals surface area contributed by atoms with E-state index in [1.54, 1.807) is 0 Å². The third kappa shape index (κ3) is 7.91. The number of hydrogen-bond acceptors (Lipinski definition) is 5. The average Bonchev–Trinajstić information content (AvgIpc) is 2.51. The van der Waals surface area contributed by atoms with Crippen LogP contribution in [0.3, 0.4) is 0 Å². The van der Waals surface area contributed by atoms with Gasteiger partial charge in [-0.25, -0.2) is 4.79 Å². The van der Waals surface area contributed by atoms with Crippen LogP contribution in [0, 0.1) is 0 Å². The molecule has 0 aliphatic heterocycles. The molecule has 0 fully saturated rings. The molecule has 0 heterocycles. The minimum absolute atomic E-state index is 0.0201. The fourth-order valence-corrected chi connectivity index (χ4v) is 1.44. The predicted molar refractivity (Wildman–Crippen MR) is 75.3 cm³/mol. The number of alkyl carbamates (subject to hydrolysis) is 1. The highest BCUT2D eigenvalue weighted by molar-refractivity contribution is 5.77. The average molecular weight is 296 g/mol. The molecule has 2 amide bonds. The van der Waals surface area contributed by atoms with Crippen LogP contribution in [0.4, 0.5) is 4.79 Å². The second kappa shape index (κ2) is 9.73. The van der Waals surface area contributed by atoms with Gasteiger partial charge in [0.15, 0.2) is 0 Å². The van der Waals surface area contributed by atoms with Gasteiger partial charge in [-0.05, 0) is 5.56 Å². The van der Waals surface area contributed by atoms with Crippen molar-refractivity contribution in [1.82, 2.24) is 10.6 Å². The van der Waals surface area contributed by atoms with Crippen molar-refractivity contribution in [3.63, 3.8) is 0 Å². The lowest BCUT2D eigenvalue weighted by Crippen LogP contribution is -2.36. The number of amides is 2. The molecule has 0 bridgehead atoms. The summed E-state index contributed by atoms with van der Waals surface area (Å²) in [6.45, 7) is -0.131. The summed E-state index contributed by atoms with van der Waals surface area (Å²) in [4.78, 5) is 22.7. The molecule has 0 spiro atoms. The number of hydrogen-bond donors (Lipinski definition) is 4. The van der Waals surface area contributed by atoms with Crippen molar-refractivity contribution < 1.29 is 24.5 Å². The van der Waals surface area contributed by atoms with E-state index in [1.807, 2.05) is 30.3 Å². The normalized spacial score (nSPS) is 11.5. The van der Waals surface area contributed by atoms with Gasteiger partial charge in [0.2, 0.25) is 5.91 Å². The number of aliphatic hydroxyl groups is 2. The van der Waals surface area contributed by atoms with E-state index in [2.05, 4.69) is 10.6 Å². The van der Waals surface area contributed by atoms with Gasteiger partial charge in [-0.15, -0.1) is 0 Å². The maximum atomic E-state index is 11.4. The van der Waals surface area contributed by atoms with Crippen molar-refractivity contribution in [2.75, 3.05) is 19.7 Å². The zero-order valence-corrected chi connectivity index (χ0v) is 11.6. The number of carbonyl (C=O) groups excluding carboxylic acids is 2. The Bertz CT molecular complexity index is 438. The van der Waals surface area contributed by atoms with E-state index in [4.69, 9.17) is 14.9 Å². The predicted octanol–water partition coefficient (Wildman–Crippen LogP) is -0.228. The summed E-state index contributed by atoms with van der Waals surface area (Å²) in [6.07, 6.45) is -1.50. The van der Waals surface area contributed by atoms with Gasteiger partial charge in [-0.2, -0.15) is 0 Å². The lowest BCUT2D eigenvalue weighted by Gasteiger charge is -2.09. The number of nitrogens with one attached hydrogen (secondary N) is 2. The van der Waals surface area contributed by atoms with E-state index in [1.165, 1.54) is 0 Å². The van der Waals surface area contributed by atoms with Crippen LogP contribution in [-0.4, -0.2) is 48.0 Å². The third-order valence-electron chi connectivity index (χ3n) is 2.58. The summed E-state index contributed by atoms with van der Waals surface area (Å²) < 4.78 is 4.97. The molecular weight excluding hydrogens is 276 g/mol. The van der Waals surface area contributed by atoms with Crippen molar-refractivity contribution in [3.05, 3.63) is 35.9 Å². The van der Waals surface area contributed by atoms with E-state index >= 15 is 0 Å². The smallest absolute Gasteiger partial charge is 0.407 e. The molecule has 7 heteroatoms. The summed E-state index contributed by atoms with van der Waals surface area (Å²) in [5.74, 6) is -0.328. The summed E-state index contributed by atoms with van der Waals surface area (Å²) in [5, 5.41) is 22.5. The number of aliphatic hydroxyl groups excluding tert-OH is 2. The zero-order valence-electron chi connectivity index (χ0n) is 11.6. The van der Waals surface area contributed by atoms with Gasteiger partial charge in [0.25, 0.3) is 0 Å². The fourth-order valence-electron chi connectivity index (χ4n) is 1.44. The Morgan fingerprint density at radius 1 is 1.19 bits per heavy atom. The standard InChI is InChI=1S/C14H20N2O5/c17-9-12(18)8-16-13(19)6-7-15-14(20)21-10-11-4-2-1-3-5-11/h1-5,12,17-18H,6-10H2,(H,15,20)(H,16,19). The van der Waals surface area contributed by atoms with Crippen molar-refractivity contribution in [2.24, 2.45) is 0 Å². The molecule has 1 atom stereocenters. The SMILES string of the molecule is O=C(CCNC(=O)OCc1ccccc1)NCC(O)CO. The molecule has 0 radical (unpaired) electrons. The molecule has 0 saturated heterocycles. The monoisotopic (exact) mass is 296 g/mol. The molecular formula is C14H20N2O5. The third-order valence-corrected chi connectivity index (χ3v) is 2.58. The van der Waals surface area contributed by atoms with Crippen LogP contribution in [-0.2, 0) is 16.1 Å². The van der Waals surface area contributed by atoms with Crippen LogP contribution in [0.5, 0.6) is 0 Å². The number of ether oxygens (including phenoxy) is 1. The van der Waals surface area contributed by atoms with E-state index in [0.717, 1.165) is 5.56 Å². The first-order valence-corrected chi connectivity index (χ1v) is 6.62. The topological polar surface area (TPSA) is 108 Å². The van der Waals surface area contributed by atoms with Crippen LogP contribution in [0.15, 0.2) is 30.3 Å². The Kier molecular flexibility index (Phi) is 7.85. The lowest BCUT2D eigenvalue weighted by molar-refractivity contribution is -0.121. The summed E-state index contributed by atoms with van der Waals surface area (Å²) in [6, 6.07) is 9.25. The van der Waals surface area contributed by atoms with Crippen molar-refractivity contribution in [3.8, 4) is 0 Å². The fraction of sp³-hybridized carbons (Fsp3) is 0.429. The van der Waals surface area contributed by atoms with E-state index in [0.29, 0.717) is 0 Å². The molecule has 0 aliphatic rings. The van der Waals surface area contributed by atoms with Crippen LogP contribution in [0.1, 0.15) is 12.0 Å². The van der Waals surface area contributed by atoms with Gasteiger partial charge in [0.1, 0.15) is 6.61 Å². The van der Waals surface area contributed by atoms with Crippen molar-refractivity contribution in [2.45, 2.75) is 19.1 Å². The van der Waals surface area contributed by atoms with Crippen LogP contribution >= 0.6 is 0 Å². The molecule has 1 aromatic carbocycles. The maximum Gasteiger partial charge on any atom is 0.407 e. The van der Waals surface area contributed by atoms with Crippen molar-refractivity contribution >= 4 is 12.0 Å². The molecule has 0 aromatic heterocycles. The second-order valence-corrected chi connectivity index (χ2v) is 4.38. The summed E-state index contributed by atoms with van der Waals surface area (Å²) >= 11 is 0. The highest BCUT2D eigenvalue weighted by Crippen LogP contribution is 2.00. The van der Waals surface area contributed by atoms with Gasteiger partial charge < -0.3 is 25.6 Å². The number of rotatable bonds is 8. The summed E-state index contributed by atoms with van der Waals surface area (Å²) in [7, 11) is 0. The Morgan fingerprint density at radius 3 is 2.57 bits per heavy atom. The quantitative estimate of drug-likeness (QED) is 0.530. The summed E-state index contributed by atoms with van der Waals surface area (Å²) in [5.41, 5.74) is 0.878. The maximum absolute atomic E-state index is 11.4. The van der Waals surface area contributed by atoms with Crippen LogP contribution < -0.4 is 10.6 Å². The molecule has 4 N–H and O–H groups in total. The Morgan fingerprint density at radius 2 is 1.90 bits per heavy atom. The van der Waals surface area contributed by atoms with Gasteiger partial charge in [-0.3, -0.25) is 4.79 Å². The first-order valence-electron chi connectivity index (χ1n) is 6.62. The molecule has 116 valence electrons. The van der Waals surface area contributed by atoms with E-state index in [9.17, 15) is 9.59 Å². The van der Waals surface area contributed by atoms with Gasteiger partial charge in [-0.1, -0.05) is 30.3 Å². The number of carbonyl (C=O) groups is 2. The van der Waals surface area contributed by atoms with Crippen molar-refractivity contribution in [1.29, 1.82) is 0 Å². The minimum atomic E-state index is -0.974. The first kappa shape index (κ1) is 16.9. The minimum Gasteiger partial charge on any atom is -0.445 e. The van der Waals surface area contributed by atoms with Gasteiger partial charge in [0.05, 0.1) is 12.7 Å². The Balaban J connectivity index is 2.09. The number of benzene rings is 1. The highest BCUT2D eigenvalue weighted by atomic mass is 16.5. The highest BCUT2D eigenvalue weighted by Gasteiger charge is 2.07. The van der Waals surface area contributed by atoms with Gasteiger partial charge in [0, 0.05) is 19.5 Å².